The van der Waals surface area contributed by atoms with Crippen LogP contribution in [0.15, 0.2) is 9.52 Å². The summed E-state index contributed by atoms with van der Waals surface area (Å²) in [6.07, 6.45) is 1.64. The third-order valence-electron chi connectivity index (χ3n) is 5.42. The Balaban J connectivity index is 0.00000341. The zero-order valence-electron chi connectivity index (χ0n) is 19.0. The van der Waals surface area contributed by atoms with Gasteiger partial charge in [0.2, 0.25) is 0 Å². The Labute approximate surface area is 201 Å². The Morgan fingerprint density at radius 2 is 1.90 bits per heavy atom. The molecule has 2 aromatic rings. The van der Waals surface area contributed by atoms with Gasteiger partial charge in [0, 0.05) is 45.2 Å². The second-order valence-electron chi connectivity index (χ2n) is 7.36. The third kappa shape index (κ3) is 7.14. The number of aliphatic imine (C=N–C) groups is 1. The van der Waals surface area contributed by atoms with Crippen molar-refractivity contribution in [1.29, 1.82) is 0 Å². The first-order chi connectivity index (χ1) is 14.6. The molecule has 0 atom stereocenters. The van der Waals surface area contributed by atoms with Gasteiger partial charge in [0.05, 0.1) is 32.0 Å². The van der Waals surface area contributed by atoms with Crippen molar-refractivity contribution in [3.63, 3.8) is 0 Å². The van der Waals surface area contributed by atoms with E-state index in [-0.39, 0.29) is 24.0 Å². The molecule has 0 spiro atoms. The number of halogens is 1. The molecule has 10 nitrogen and oxygen atoms in total. The number of ether oxygens (including phenoxy) is 1. The number of hydrogen-bond donors (Lipinski definition) is 2. The first-order valence-electron chi connectivity index (χ1n) is 10.8. The van der Waals surface area contributed by atoms with Gasteiger partial charge >= 0.3 is 0 Å². The average Bonchev–Trinajstić information content (AvgIpc) is 3.32. The van der Waals surface area contributed by atoms with E-state index in [0.717, 1.165) is 86.9 Å². The number of aryl methyl sites for hydroxylation is 3. The highest BCUT2D eigenvalue weighted by atomic mass is 127. The summed E-state index contributed by atoms with van der Waals surface area (Å²) in [5.74, 6) is 3.40. The minimum atomic E-state index is 0. The Hall–Kier alpha value is -1.73. The predicted octanol–water partition coefficient (Wildman–Crippen LogP) is 1.42. The SMILES string of the molecule is CCc1noc(CC)c1CN=C(NCCN1CCOCC1)NCc1nnc(C)n1C.I. The summed E-state index contributed by atoms with van der Waals surface area (Å²) in [4.78, 5) is 7.20. The summed E-state index contributed by atoms with van der Waals surface area (Å²) in [6, 6.07) is 0. The number of morpholine rings is 1. The van der Waals surface area contributed by atoms with E-state index in [1.807, 2.05) is 18.5 Å². The highest BCUT2D eigenvalue weighted by molar-refractivity contribution is 14.0. The van der Waals surface area contributed by atoms with Crippen LogP contribution in [-0.4, -0.2) is 70.2 Å². The molecule has 0 unspecified atom stereocenters. The lowest BCUT2D eigenvalue weighted by molar-refractivity contribution is 0.0389. The molecule has 1 aliphatic heterocycles. The van der Waals surface area contributed by atoms with E-state index >= 15 is 0 Å². The van der Waals surface area contributed by atoms with Gasteiger partial charge in [-0.25, -0.2) is 4.99 Å². The van der Waals surface area contributed by atoms with E-state index in [4.69, 9.17) is 14.3 Å². The van der Waals surface area contributed by atoms with Gasteiger partial charge < -0.3 is 24.5 Å². The number of rotatable bonds is 9. The summed E-state index contributed by atoms with van der Waals surface area (Å²) < 4.78 is 12.9. The molecule has 174 valence electrons. The standard InChI is InChI=1S/C20H34N8O2.HI/c1-5-17-16(18(6-2)30-26-17)13-22-20(21-7-8-28-9-11-29-12-10-28)23-14-19-25-24-15(3)27(19)4;/h5-14H2,1-4H3,(H2,21,22,23);1H. The first kappa shape index (κ1) is 25.5. The van der Waals surface area contributed by atoms with E-state index in [1.54, 1.807) is 0 Å². The number of aromatic nitrogens is 4. The monoisotopic (exact) mass is 546 g/mol. The highest BCUT2D eigenvalue weighted by Crippen LogP contribution is 2.16. The maximum absolute atomic E-state index is 5.48. The quantitative estimate of drug-likeness (QED) is 0.277. The minimum Gasteiger partial charge on any atom is -0.379 e. The van der Waals surface area contributed by atoms with Crippen molar-refractivity contribution in [2.45, 2.75) is 46.7 Å². The van der Waals surface area contributed by atoms with Crippen molar-refractivity contribution in [2.24, 2.45) is 12.0 Å². The molecular weight excluding hydrogens is 511 g/mol. The fourth-order valence-electron chi connectivity index (χ4n) is 3.37. The predicted molar refractivity (Wildman–Crippen MR) is 130 cm³/mol. The molecule has 0 bridgehead atoms. The van der Waals surface area contributed by atoms with Gasteiger partial charge in [-0.1, -0.05) is 19.0 Å². The lowest BCUT2D eigenvalue weighted by Crippen LogP contribution is -2.44. The third-order valence-corrected chi connectivity index (χ3v) is 5.42. The topological polar surface area (TPSA) is 106 Å². The second kappa shape index (κ2) is 13.0. The number of nitrogens with one attached hydrogen (secondary N) is 2. The summed E-state index contributed by atoms with van der Waals surface area (Å²) in [5.41, 5.74) is 2.07. The molecule has 11 heteroatoms. The van der Waals surface area contributed by atoms with Crippen LogP contribution in [-0.2, 0) is 37.7 Å². The Bertz CT molecular complexity index is 808. The zero-order valence-corrected chi connectivity index (χ0v) is 21.3. The molecule has 1 fully saturated rings. The molecule has 0 saturated carbocycles. The normalized spacial score (nSPS) is 15.0. The zero-order chi connectivity index (χ0) is 21.3. The van der Waals surface area contributed by atoms with Crippen molar-refractivity contribution in [1.82, 2.24) is 35.5 Å². The molecule has 3 heterocycles. The molecule has 31 heavy (non-hydrogen) atoms. The van der Waals surface area contributed by atoms with Crippen molar-refractivity contribution in [3.8, 4) is 0 Å². The molecule has 0 aromatic carbocycles. The summed E-state index contributed by atoms with van der Waals surface area (Å²) in [7, 11) is 1.97. The molecule has 0 aliphatic carbocycles. The molecular formula is C20H35IN8O2. The van der Waals surface area contributed by atoms with E-state index in [9.17, 15) is 0 Å². The Morgan fingerprint density at radius 3 is 2.55 bits per heavy atom. The second-order valence-corrected chi connectivity index (χ2v) is 7.36. The molecule has 2 N–H and O–H groups in total. The maximum Gasteiger partial charge on any atom is 0.192 e. The summed E-state index contributed by atoms with van der Waals surface area (Å²) in [5, 5.41) is 19.4. The number of hydrogen-bond acceptors (Lipinski definition) is 7. The minimum absolute atomic E-state index is 0. The van der Waals surface area contributed by atoms with E-state index < -0.39 is 0 Å². The van der Waals surface area contributed by atoms with Crippen LogP contribution >= 0.6 is 24.0 Å². The smallest absolute Gasteiger partial charge is 0.192 e. The molecule has 0 amide bonds. The summed E-state index contributed by atoms with van der Waals surface area (Å²) >= 11 is 0. The van der Waals surface area contributed by atoms with Gasteiger partial charge in [0.15, 0.2) is 11.8 Å². The van der Waals surface area contributed by atoms with Crippen molar-refractivity contribution >= 4 is 29.9 Å². The van der Waals surface area contributed by atoms with Crippen molar-refractivity contribution < 1.29 is 9.26 Å². The van der Waals surface area contributed by atoms with E-state index in [1.165, 1.54) is 0 Å². The van der Waals surface area contributed by atoms with Gasteiger partial charge in [0.25, 0.3) is 0 Å². The van der Waals surface area contributed by atoms with Crippen LogP contribution < -0.4 is 10.6 Å². The lowest BCUT2D eigenvalue weighted by Gasteiger charge is -2.26. The van der Waals surface area contributed by atoms with E-state index in [2.05, 4.69) is 44.7 Å². The first-order valence-corrected chi connectivity index (χ1v) is 10.8. The fourth-order valence-corrected chi connectivity index (χ4v) is 3.37. The van der Waals surface area contributed by atoms with Crippen LogP contribution in [0.4, 0.5) is 0 Å². The van der Waals surface area contributed by atoms with Gasteiger partial charge in [0.1, 0.15) is 11.6 Å². The molecule has 0 radical (unpaired) electrons. The lowest BCUT2D eigenvalue weighted by atomic mass is 10.1. The number of nitrogens with zero attached hydrogens (tertiary/aromatic N) is 6. The van der Waals surface area contributed by atoms with Crippen LogP contribution in [0.1, 0.15) is 42.5 Å². The maximum atomic E-state index is 5.48. The van der Waals surface area contributed by atoms with Crippen LogP contribution in [0.5, 0.6) is 0 Å². The van der Waals surface area contributed by atoms with Gasteiger partial charge in [-0.05, 0) is 13.3 Å². The fraction of sp³-hybridized carbons (Fsp3) is 0.700. The van der Waals surface area contributed by atoms with Gasteiger partial charge in [-0.15, -0.1) is 34.2 Å². The number of guanidine groups is 1. The average molecular weight is 546 g/mol. The van der Waals surface area contributed by atoms with Crippen LogP contribution in [0, 0.1) is 6.92 Å². The van der Waals surface area contributed by atoms with Crippen molar-refractivity contribution in [2.75, 3.05) is 39.4 Å². The van der Waals surface area contributed by atoms with E-state index in [0.29, 0.717) is 13.1 Å². The highest BCUT2D eigenvalue weighted by Gasteiger charge is 2.14. The van der Waals surface area contributed by atoms with Crippen LogP contribution in [0.25, 0.3) is 0 Å². The van der Waals surface area contributed by atoms with Gasteiger partial charge in [-0.3, -0.25) is 4.90 Å². The molecule has 2 aromatic heterocycles. The van der Waals surface area contributed by atoms with Crippen LogP contribution in [0.3, 0.4) is 0 Å². The molecule has 3 rings (SSSR count). The molecule has 1 saturated heterocycles. The van der Waals surface area contributed by atoms with Crippen LogP contribution in [0.2, 0.25) is 0 Å². The Morgan fingerprint density at radius 1 is 1.13 bits per heavy atom. The Kier molecular flexibility index (Phi) is 10.7. The molecule has 1 aliphatic rings. The summed E-state index contributed by atoms with van der Waals surface area (Å²) in [6.45, 7) is 12.5. The largest absolute Gasteiger partial charge is 0.379 e. The van der Waals surface area contributed by atoms with Crippen molar-refractivity contribution in [3.05, 3.63) is 28.7 Å². The van der Waals surface area contributed by atoms with Gasteiger partial charge in [-0.2, -0.15) is 0 Å².